The van der Waals surface area contributed by atoms with Crippen molar-refractivity contribution >= 4 is 11.9 Å². The third-order valence-electron chi connectivity index (χ3n) is 3.84. The van der Waals surface area contributed by atoms with Gasteiger partial charge in [-0.3, -0.25) is 9.59 Å². The van der Waals surface area contributed by atoms with E-state index in [1.165, 1.54) is 4.68 Å². The molecule has 1 heterocycles. The monoisotopic (exact) mass is 343 g/mol. The first-order valence-corrected chi connectivity index (χ1v) is 8.44. The molecule has 0 aliphatic carbocycles. The molecular weight excluding hydrogens is 318 g/mol. The van der Waals surface area contributed by atoms with Gasteiger partial charge in [-0.2, -0.15) is 10.1 Å². The van der Waals surface area contributed by atoms with Crippen molar-refractivity contribution in [1.29, 1.82) is 0 Å². The first-order chi connectivity index (χ1) is 11.9. The van der Waals surface area contributed by atoms with Gasteiger partial charge in [0.1, 0.15) is 0 Å². The van der Waals surface area contributed by atoms with E-state index in [-0.39, 0.29) is 17.5 Å². The minimum Gasteiger partial charge on any atom is -0.368 e. The van der Waals surface area contributed by atoms with E-state index < -0.39 is 11.6 Å². The van der Waals surface area contributed by atoms with Crippen LogP contribution in [0.5, 0.6) is 0 Å². The maximum absolute atomic E-state index is 12.1. The van der Waals surface area contributed by atoms with Crippen LogP contribution in [-0.2, 0) is 11.3 Å². The highest BCUT2D eigenvalue weighted by molar-refractivity contribution is 5.76. The number of rotatable bonds is 7. The molecule has 0 bridgehead atoms. The summed E-state index contributed by atoms with van der Waals surface area (Å²) in [5.74, 6) is 0.394. The molecule has 2 aromatic rings. The molecule has 1 aromatic carbocycles. The second-order valence-corrected chi connectivity index (χ2v) is 6.53. The lowest BCUT2D eigenvalue weighted by Gasteiger charge is -2.15. The topological polar surface area (TPSA) is 103 Å². The van der Waals surface area contributed by atoms with E-state index in [4.69, 9.17) is 5.73 Å². The summed E-state index contributed by atoms with van der Waals surface area (Å²) in [6, 6.07) is 9.11. The van der Waals surface area contributed by atoms with Crippen molar-refractivity contribution in [3.8, 4) is 0 Å². The normalized spacial score (nSPS) is 12.2. The van der Waals surface area contributed by atoms with E-state index in [0.717, 1.165) is 12.0 Å². The fraction of sp³-hybridized carbons (Fsp3) is 0.444. The van der Waals surface area contributed by atoms with Crippen molar-refractivity contribution in [2.24, 2.45) is 5.92 Å². The Hall–Kier alpha value is -2.70. The SMILES string of the molecule is CC(C)CCC(=O)NC(C)c1nn(Cc2ccccc2)c(N)nc1=O. The molecule has 134 valence electrons. The largest absolute Gasteiger partial charge is 0.368 e. The molecule has 25 heavy (non-hydrogen) atoms. The molecular formula is C18H25N5O2. The van der Waals surface area contributed by atoms with E-state index in [9.17, 15) is 9.59 Å². The zero-order valence-corrected chi connectivity index (χ0v) is 14.9. The van der Waals surface area contributed by atoms with E-state index in [1.807, 2.05) is 30.3 Å². The number of carbonyl (C=O) groups excluding carboxylic acids is 1. The summed E-state index contributed by atoms with van der Waals surface area (Å²) in [4.78, 5) is 28.0. The Bertz CT molecular complexity index is 771. The third kappa shape index (κ3) is 5.41. The van der Waals surface area contributed by atoms with Crippen molar-refractivity contribution in [2.75, 3.05) is 5.73 Å². The second kappa shape index (κ2) is 8.41. The van der Waals surface area contributed by atoms with Crippen LogP contribution in [0.2, 0.25) is 0 Å². The molecule has 2 rings (SSSR count). The van der Waals surface area contributed by atoms with Crippen LogP contribution in [0.25, 0.3) is 0 Å². The van der Waals surface area contributed by atoms with Gasteiger partial charge in [-0.05, 0) is 24.8 Å². The average Bonchev–Trinajstić information content (AvgIpc) is 2.56. The van der Waals surface area contributed by atoms with Gasteiger partial charge in [0.2, 0.25) is 11.9 Å². The average molecular weight is 343 g/mol. The number of benzene rings is 1. The minimum atomic E-state index is -0.526. The van der Waals surface area contributed by atoms with Gasteiger partial charge in [0.05, 0.1) is 12.6 Å². The van der Waals surface area contributed by atoms with Gasteiger partial charge >= 0.3 is 0 Å². The maximum atomic E-state index is 12.1. The number of nitrogens with zero attached hydrogens (tertiary/aromatic N) is 3. The zero-order chi connectivity index (χ0) is 18.4. The van der Waals surface area contributed by atoms with Crippen LogP contribution < -0.4 is 16.6 Å². The lowest BCUT2D eigenvalue weighted by atomic mass is 10.1. The van der Waals surface area contributed by atoms with Gasteiger partial charge in [0, 0.05) is 6.42 Å². The molecule has 1 atom stereocenters. The Morgan fingerprint density at radius 2 is 1.92 bits per heavy atom. The number of carbonyl (C=O) groups is 1. The predicted octanol–water partition coefficient (Wildman–Crippen LogP) is 1.88. The number of anilines is 1. The summed E-state index contributed by atoms with van der Waals surface area (Å²) in [7, 11) is 0. The molecule has 0 saturated carbocycles. The van der Waals surface area contributed by atoms with Crippen molar-refractivity contribution < 1.29 is 4.79 Å². The van der Waals surface area contributed by atoms with E-state index >= 15 is 0 Å². The first kappa shape index (κ1) is 18.6. The van der Waals surface area contributed by atoms with Crippen LogP contribution in [0.4, 0.5) is 5.95 Å². The lowest BCUT2D eigenvalue weighted by molar-refractivity contribution is -0.122. The Kier molecular flexibility index (Phi) is 6.27. The van der Waals surface area contributed by atoms with E-state index in [2.05, 4.69) is 29.2 Å². The van der Waals surface area contributed by atoms with Crippen LogP contribution in [0.3, 0.4) is 0 Å². The van der Waals surface area contributed by atoms with Gasteiger partial charge < -0.3 is 11.1 Å². The van der Waals surface area contributed by atoms with Gasteiger partial charge in [-0.15, -0.1) is 0 Å². The summed E-state index contributed by atoms with van der Waals surface area (Å²) in [6.45, 7) is 6.25. The number of hydrogen-bond acceptors (Lipinski definition) is 5. The summed E-state index contributed by atoms with van der Waals surface area (Å²) in [5.41, 5.74) is 6.48. The molecule has 0 spiro atoms. The Balaban J connectivity index is 2.16. The van der Waals surface area contributed by atoms with Crippen molar-refractivity contribution in [3.05, 3.63) is 51.9 Å². The minimum absolute atomic E-state index is 0.0518. The Morgan fingerprint density at radius 3 is 2.56 bits per heavy atom. The molecule has 7 nitrogen and oxygen atoms in total. The standard InChI is InChI=1S/C18H25N5O2/c1-12(2)9-10-15(24)20-13(3)16-17(25)21-18(19)23(22-16)11-14-7-5-4-6-8-14/h4-8,12-13H,9-11H2,1-3H3,(H,20,24)(H2,19,21,25). The highest BCUT2D eigenvalue weighted by atomic mass is 16.2. The smallest absolute Gasteiger partial charge is 0.298 e. The second-order valence-electron chi connectivity index (χ2n) is 6.53. The molecule has 7 heteroatoms. The Morgan fingerprint density at radius 1 is 1.24 bits per heavy atom. The van der Waals surface area contributed by atoms with Crippen LogP contribution in [0.15, 0.2) is 35.1 Å². The molecule has 0 fully saturated rings. The number of nitrogens with one attached hydrogen (secondary N) is 1. The van der Waals surface area contributed by atoms with Gasteiger partial charge in [-0.1, -0.05) is 44.2 Å². The van der Waals surface area contributed by atoms with Crippen molar-refractivity contribution in [2.45, 2.75) is 46.2 Å². The molecule has 0 aliphatic rings. The van der Waals surface area contributed by atoms with Gasteiger partial charge in [0.15, 0.2) is 5.69 Å². The number of aromatic nitrogens is 3. The Labute approximate surface area is 147 Å². The van der Waals surface area contributed by atoms with Crippen LogP contribution >= 0.6 is 0 Å². The van der Waals surface area contributed by atoms with Gasteiger partial charge in [0.25, 0.3) is 5.56 Å². The summed E-state index contributed by atoms with van der Waals surface area (Å²) >= 11 is 0. The molecule has 1 unspecified atom stereocenters. The van der Waals surface area contributed by atoms with Gasteiger partial charge in [-0.25, -0.2) is 4.68 Å². The van der Waals surface area contributed by atoms with Crippen LogP contribution in [0.1, 0.15) is 50.9 Å². The third-order valence-corrected chi connectivity index (χ3v) is 3.84. The summed E-state index contributed by atoms with van der Waals surface area (Å²) in [6.07, 6.45) is 1.22. The zero-order valence-electron chi connectivity index (χ0n) is 14.9. The highest BCUT2D eigenvalue weighted by Crippen LogP contribution is 2.09. The van der Waals surface area contributed by atoms with E-state index in [0.29, 0.717) is 18.9 Å². The fourth-order valence-electron chi connectivity index (χ4n) is 2.39. The van der Waals surface area contributed by atoms with E-state index in [1.54, 1.807) is 6.92 Å². The molecule has 3 N–H and O–H groups in total. The highest BCUT2D eigenvalue weighted by Gasteiger charge is 2.17. The molecule has 0 radical (unpaired) electrons. The maximum Gasteiger partial charge on any atom is 0.298 e. The molecule has 0 saturated heterocycles. The van der Waals surface area contributed by atoms with Crippen molar-refractivity contribution in [3.63, 3.8) is 0 Å². The van der Waals surface area contributed by atoms with Crippen LogP contribution in [0, 0.1) is 5.92 Å². The first-order valence-electron chi connectivity index (χ1n) is 8.44. The lowest BCUT2D eigenvalue weighted by Crippen LogP contribution is -2.34. The van der Waals surface area contributed by atoms with Crippen molar-refractivity contribution in [1.82, 2.24) is 20.1 Å². The number of nitrogen functional groups attached to an aromatic ring is 1. The predicted molar refractivity (Wildman–Crippen MR) is 96.9 cm³/mol. The number of nitrogens with two attached hydrogens (primary N) is 1. The number of hydrogen-bond donors (Lipinski definition) is 2. The fourth-order valence-corrected chi connectivity index (χ4v) is 2.39. The molecule has 0 aliphatic heterocycles. The summed E-state index contributed by atoms with van der Waals surface area (Å²) in [5, 5.41) is 7.12. The number of amides is 1. The van der Waals surface area contributed by atoms with Crippen LogP contribution in [-0.4, -0.2) is 20.7 Å². The quantitative estimate of drug-likeness (QED) is 0.799. The summed E-state index contributed by atoms with van der Waals surface area (Å²) < 4.78 is 1.48. The molecule has 1 aromatic heterocycles. The molecule has 1 amide bonds.